The van der Waals surface area contributed by atoms with Crippen LogP contribution >= 0.6 is 22.9 Å². The predicted octanol–water partition coefficient (Wildman–Crippen LogP) is 5.22. The van der Waals surface area contributed by atoms with E-state index >= 15 is 0 Å². The van der Waals surface area contributed by atoms with Gasteiger partial charge in [-0.3, -0.25) is 15.1 Å². The fourth-order valence-corrected chi connectivity index (χ4v) is 3.22. The summed E-state index contributed by atoms with van der Waals surface area (Å²) in [6.07, 6.45) is 3.22. The van der Waals surface area contributed by atoms with Gasteiger partial charge in [0.2, 0.25) is 0 Å². The van der Waals surface area contributed by atoms with E-state index in [2.05, 4.69) is 11.9 Å². The average Bonchev–Trinajstić information content (AvgIpc) is 2.94. The summed E-state index contributed by atoms with van der Waals surface area (Å²) in [7, 11) is 0. The number of thiophene rings is 1. The SMILES string of the molecule is [CH2]c1c(-c2csc(Cl)c2)ccc([N+](=O)[O-])c1-c1cccnc1. The van der Waals surface area contributed by atoms with Gasteiger partial charge in [0.15, 0.2) is 0 Å². The van der Waals surface area contributed by atoms with Crippen LogP contribution in [0.5, 0.6) is 0 Å². The highest BCUT2D eigenvalue weighted by molar-refractivity contribution is 7.14. The third kappa shape index (κ3) is 2.61. The highest BCUT2D eigenvalue weighted by atomic mass is 35.5. The molecule has 0 bridgehead atoms. The molecule has 0 aliphatic heterocycles. The first-order valence-electron chi connectivity index (χ1n) is 6.36. The molecule has 6 heteroatoms. The van der Waals surface area contributed by atoms with Gasteiger partial charge in [-0.1, -0.05) is 17.7 Å². The first-order valence-corrected chi connectivity index (χ1v) is 7.62. The molecule has 0 aliphatic rings. The van der Waals surface area contributed by atoms with Crippen LogP contribution in [0.4, 0.5) is 5.69 Å². The molecular weight excluding hydrogens is 320 g/mol. The summed E-state index contributed by atoms with van der Waals surface area (Å²) in [6.45, 7) is 4.05. The summed E-state index contributed by atoms with van der Waals surface area (Å²) in [5.74, 6) is 0. The number of hydrogen-bond donors (Lipinski definition) is 0. The van der Waals surface area contributed by atoms with Crippen LogP contribution in [0.2, 0.25) is 4.34 Å². The van der Waals surface area contributed by atoms with E-state index in [1.165, 1.54) is 17.4 Å². The Balaban J connectivity index is 2.27. The highest BCUT2D eigenvalue weighted by Crippen LogP contribution is 2.39. The van der Waals surface area contributed by atoms with E-state index in [9.17, 15) is 10.1 Å². The Kier molecular flexibility index (Phi) is 3.92. The smallest absolute Gasteiger partial charge is 0.264 e. The standard InChI is InChI=1S/C16H10ClN2O2S/c1-10-13(12-7-15(17)22-9-12)4-5-14(19(20)21)16(10)11-3-2-6-18-8-11/h2-9H,1H2. The lowest BCUT2D eigenvalue weighted by atomic mass is 9.93. The molecule has 1 aromatic carbocycles. The van der Waals surface area contributed by atoms with Crippen molar-refractivity contribution in [1.29, 1.82) is 0 Å². The second kappa shape index (κ2) is 5.87. The third-order valence-electron chi connectivity index (χ3n) is 3.32. The van der Waals surface area contributed by atoms with Crippen molar-refractivity contribution >= 4 is 28.6 Å². The maximum atomic E-state index is 11.3. The van der Waals surface area contributed by atoms with Crippen molar-refractivity contribution in [3.63, 3.8) is 0 Å². The van der Waals surface area contributed by atoms with Gasteiger partial charge in [0.25, 0.3) is 5.69 Å². The van der Waals surface area contributed by atoms with E-state index in [0.29, 0.717) is 21.0 Å². The number of aromatic nitrogens is 1. The van der Waals surface area contributed by atoms with Gasteiger partial charge in [-0.25, -0.2) is 0 Å². The lowest BCUT2D eigenvalue weighted by molar-refractivity contribution is -0.384. The van der Waals surface area contributed by atoms with Crippen molar-refractivity contribution in [3.8, 4) is 22.3 Å². The monoisotopic (exact) mass is 329 g/mol. The van der Waals surface area contributed by atoms with Gasteiger partial charge >= 0.3 is 0 Å². The quantitative estimate of drug-likeness (QED) is 0.489. The van der Waals surface area contributed by atoms with Crippen molar-refractivity contribution in [2.45, 2.75) is 0 Å². The van der Waals surface area contributed by atoms with Crippen LogP contribution in [-0.4, -0.2) is 9.91 Å². The summed E-state index contributed by atoms with van der Waals surface area (Å²) in [4.78, 5) is 15.0. The number of halogens is 1. The normalized spacial score (nSPS) is 10.6. The molecule has 109 valence electrons. The Hall–Kier alpha value is -2.24. The summed E-state index contributed by atoms with van der Waals surface area (Å²) < 4.78 is 0.663. The van der Waals surface area contributed by atoms with Crippen molar-refractivity contribution < 1.29 is 4.92 Å². The largest absolute Gasteiger partial charge is 0.277 e. The second-order valence-corrected chi connectivity index (χ2v) is 6.17. The summed E-state index contributed by atoms with van der Waals surface area (Å²) >= 11 is 7.39. The van der Waals surface area contributed by atoms with Crippen molar-refractivity contribution in [2.24, 2.45) is 0 Å². The molecule has 0 saturated carbocycles. The van der Waals surface area contributed by atoms with Crippen LogP contribution < -0.4 is 0 Å². The van der Waals surface area contributed by atoms with Crippen LogP contribution in [-0.2, 0) is 0 Å². The Labute approximate surface area is 136 Å². The van der Waals surface area contributed by atoms with E-state index in [1.54, 1.807) is 30.6 Å². The molecular formula is C16H10ClN2O2S. The number of nitrogens with zero attached hydrogens (tertiary/aromatic N) is 2. The Morgan fingerprint density at radius 1 is 1.27 bits per heavy atom. The number of nitro groups is 1. The first-order chi connectivity index (χ1) is 10.6. The number of benzene rings is 1. The van der Waals surface area contributed by atoms with Crippen LogP contribution in [0.1, 0.15) is 5.56 Å². The number of hydrogen-bond acceptors (Lipinski definition) is 4. The van der Waals surface area contributed by atoms with Crippen molar-refractivity contribution in [3.05, 3.63) is 75.0 Å². The van der Waals surface area contributed by atoms with Crippen LogP contribution in [0.3, 0.4) is 0 Å². The maximum Gasteiger partial charge on any atom is 0.277 e. The summed E-state index contributed by atoms with van der Waals surface area (Å²) in [6, 6.07) is 8.56. The molecule has 0 unspecified atom stereocenters. The van der Waals surface area contributed by atoms with E-state index < -0.39 is 4.92 Å². The topological polar surface area (TPSA) is 56.0 Å². The van der Waals surface area contributed by atoms with Crippen LogP contribution in [0.25, 0.3) is 22.3 Å². The van der Waals surface area contributed by atoms with Crippen LogP contribution in [0.15, 0.2) is 48.1 Å². The molecule has 1 radical (unpaired) electrons. The highest BCUT2D eigenvalue weighted by Gasteiger charge is 2.21. The van der Waals surface area contributed by atoms with E-state index in [-0.39, 0.29) is 5.69 Å². The van der Waals surface area contributed by atoms with Gasteiger partial charge in [0, 0.05) is 29.4 Å². The average molecular weight is 330 g/mol. The zero-order chi connectivity index (χ0) is 15.7. The van der Waals surface area contributed by atoms with Gasteiger partial charge < -0.3 is 0 Å². The molecule has 0 N–H and O–H groups in total. The molecule has 2 aromatic heterocycles. The molecule has 0 fully saturated rings. The van der Waals surface area contributed by atoms with E-state index in [0.717, 1.165) is 11.1 Å². The molecule has 2 heterocycles. The Morgan fingerprint density at radius 3 is 2.68 bits per heavy atom. The molecule has 0 atom stereocenters. The first kappa shape index (κ1) is 14.7. The summed E-state index contributed by atoms with van der Waals surface area (Å²) in [5, 5.41) is 13.2. The van der Waals surface area contributed by atoms with Gasteiger partial charge in [-0.05, 0) is 41.8 Å². The number of pyridine rings is 1. The molecule has 0 saturated heterocycles. The van der Waals surface area contributed by atoms with Crippen molar-refractivity contribution in [2.75, 3.05) is 0 Å². The molecule has 3 rings (SSSR count). The maximum absolute atomic E-state index is 11.3. The number of rotatable bonds is 3. The molecule has 0 spiro atoms. The molecule has 3 aromatic rings. The van der Waals surface area contributed by atoms with E-state index in [4.69, 9.17) is 11.6 Å². The van der Waals surface area contributed by atoms with Gasteiger partial charge in [-0.2, -0.15) is 0 Å². The Morgan fingerprint density at radius 2 is 2.09 bits per heavy atom. The summed E-state index contributed by atoms with van der Waals surface area (Å²) in [5.41, 5.74) is 3.49. The van der Waals surface area contributed by atoms with Gasteiger partial charge in [-0.15, -0.1) is 11.3 Å². The van der Waals surface area contributed by atoms with Crippen molar-refractivity contribution in [1.82, 2.24) is 4.98 Å². The minimum absolute atomic E-state index is 0.0167. The molecule has 4 nitrogen and oxygen atoms in total. The predicted molar refractivity (Wildman–Crippen MR) is 89.1 cm³/mol. The second-order valence-electron chi connectivity index (χ2n) is 4.62. The minimum atomic E-state index is -0.401. The Bertz CT molecular complexity index is 847. The molecule has 22 heavy (non-hydrogen) atoms. The van der Waals surface area contributed by atoms with E-state index in [1.807, 2.05) is 11.4 Å². The fraction of sp³-hybridized carbons (Fsp3) is 0. The lowest BCUT2D eigenvalue weighted by Crippen LogP contribution is -1.96. The van der Waals surface area contributed by atoms with Gasteiger partial charge in [0.1, 0.15) is 0 Å². The van der Waals surface area contributed by atoms with Gasteiger partial charge in [0.05, 0.1) is 14.8 Å². The fourth-order valence-electron chi connectivity index (χ4n) is 2.34. The number of nitro benzene ring substituents is 1. The third-order valence-corrected chi connectivity index (χ3v) is 4.41. The zero-order valence-electron chi connectivity index (χ0n) is 11.3. The van der Waals surface area contributed by atoms with Crippen LogP contribution in [0, 0.1) is 17.0 Å². The zero-order valence-corrected chi connectivity index (χ0v) is 12.9. The molecule has 0 amide bonds. The minimum Gasteiger partial charge on any atom is -0.264 e. The molecule has 0 aliphatic carbocycles. The lowest BCUT2D eigenvalue weighted by Gasteiger charge is -2.11.